The molecule has 3 aliphatic rings. The average Bonchev–Trinajstić information content (AvgIpc) is 2.77. The van der Waals surface area contributed by atoms with Crippen molar-refractivity contribution < 1.29 is 0 Å². The Morgan fingerprint density at radius 3 is 2.44 bits per heavy atom. The van der Waals surface area contributed by atoms with Crippen molar-refractivity contribution in [2.45, 2.75) is 63.5 Å². The number of likely N-dealkylation sites (tertiary alicyclic amines) is 1. The maximum absolute atomic E-state index is 3.45. The first-order valence-corrected chi connectivity index (χ1v) is 7.25. The van der Waals surface area contributed by atoms with Crippen molar-refractivity contribution >= 4 is 0 Å². The summed E-state index contributed by atoms with van der Waals surface area (Å²) in [4.78, 5) is 2.80. The molecule has 0 bridgehead atoms. The fourth-order valence-electron chi connectivity index (χ4n) is 4.40. The molecule has 2 nitrogen and oxygen atoms in total. The van der Waals surface area contributed by atoms with Crippen LogP contribution in [0.25, 0.3) is 0 Å². The van der Waals surface area contributed by atoms with Gasteiger partial charge in [0.15, 0.2) is 0 Å². The van der Waals surface area contributed by atoms with Crippen molar-refractivity contribution in [3.8, 4) is 0 Å². The quantitative estimate of drug-likeness (QED) is 0.772. The van der Waals surface area contributed by atoms with Crippen LogP contribution in [0, 0.1) is 5.41 Å². The molecule has 92 valence electrons. The van der Waals surface area contributed by atoms with E-state index in [0.717, 1.165) is 17.5 Å². The van der Waals surface area contributed by atoms with E-state index in [2.05, 4.69) is 17.3 Å². The summed E-state index contributed by atoms with van der Waals surface area (Å²) in [6, 6.07) is 1.72. The van der Waals surface area contributed by atoms with Crippen LogP contribution in [0.4, 0.5) is 0 Å². The van der Waals surface area contributed by atoms with Crippen LogP contribution in [-0.4, -0.2) is 37.1 Å². The highest BCUT2D eigenvalue weighted by Gasteiger charge is 2.50. The Balaban J connectivity index is 1.63. The van der Waals surface area contributed by atoms with E-state index in [1.165, 1.54) is 64.5 Å². The van der Waals surface area contributed by atoms with E-state index in [0.29, 0.717) is 0 Å². The van der Waals surface area contributed by atoms with Crippen LogP contribution in [0.1, 0.15) is 51.4 Å². The zero-order valence-electron chi connectivity index (χ0n) is 10.7. The molecule has 3 rings (SSSR count). The Morgan fingerprint density at radius 2 is 1.88 bits per heavy atom. The summed E-state index contributed by atoms with van der Waals surface area (Å²) >= 11 is 0. The molecule has 0 radical (unpaired) electrons. The number of hydrogen-bond acceptors (Lipinski definition) is 2. The van der Waals surface area contributed by atoms with Crippen molar-refractivity contribution in [2.24, 2.45) is 5.41 Å². The van der Waals surface area contributed by atoms with Crippen LogP contribution in [0.2, 0.25) is 0 Å². The Labute approximate surface area is 99.8 Å². The van der Waals surface area contributed by atoms with Crippen molar-refractivity contribution in [1.29, 1.82) is 0 Å². The molecule has 1 aliphatic heterocycles. The predicted octanol–water partition coefficient (Wildman–Crippen LogP) is 2.39. The van der Waals surface area contributed by atoms with Crippen molar-refractivity contribution in [1.82, 2.24) is 10.2 Å². The van der Waals surface area contributed by atoms with Crippen molar-refractivity contribution in [2.75, 3.05) is 20.1 Å². The fraction of sp³-hybridized carbons (Fsp3) is 1.00. The first-order valence-electron chi connectivity index (χ1n) is 7.25. The number of rotatable bonds is 2. The zero-order valence-corrected chi connectivity index (χ0v) is 10.7. The van der Waals surface area contributed by atoms with Crippen LogP contribution in [-0.2, 0) is 0 Å². The van der Waals surface area contributed by atoms with Gasteiger partial charge in [-0.2, -0.15) is 0 Å². The molecule has 1 saturated heterocycles. The van der Waals surface area contributed by atoms with Gasteiger partial charge in [-0.3, -0.25) is 4.90 Å². The minimum atomic E-state index is 0.765. The second-order valence-corrected chi connectivity index (χ2v) is 6.25. The van der Waals surface area contributed by atoms with Crippen LogP contribution >= 0.6 is 0 Å². The second kappa shape index (κ2) is 4.30. The second-order valence-electron chi connectivity index (χ2n) is 6.25. The molecular formula is C14H26N2. The van der Waals surface area contributed by atoms with Gasteiger partial charge in [0.25, 0.3) is 0 Å². The molecule has 2 aliphatic carbocycles. The van der Waals surface area contributed by atoms with Gasteiger partial charge in [-0.05, 0) is 44.6 Å². The highest BCUT2D eigenvalue weighted by Crippen LogP contribution is 2.54. The molecule has 16 heavy (non-hydrogen) atoms. The van der Waals surface area contributed by atoms with Gasteiger partial charge in [-0.25, -0.2) is 0 Å². The van der Waals surface area contributed by atoms with E-state index in [9.17, 15) is 0 Å². The van der Waals surface area contributed by atoms with Gasteiger partial charge in [-0.15, -0.1) is 0 Å². The molecule has 1 spiro atoms. The largest absolute Gasteiger partial charge is 0.316 e. The molecule has 0 aromatic heterocycles. The van der Waals surface area contributed by atoms with Crippen LogP contribution in [0.3, 0.4) is 0 Å². The van der Waals surface area contributed by atoms with Crippen LogP contribution < -0.4 is 5.32 Å². The average molecular weight is 222 g/mol. The molecule has 2 saturated carbocycles. The predicted molar refractivity (Wildman–Crippen MR) is 67.6 cm³/mol. The van der Waals surface area contributed by atoms with Crippen LogP contribution in [0.5, 0.6) is 0 Å². The van der Waals surface area contributed by atoms with Gasteiger partial charge in [-0.1, -0.05) is 19.3 Å². The number of nitrogens with zero attached hydrogens (tertiary/aromatic N) is 1. The van der Waals surface area contributed by atoms with Gasteiger partial charge in [0.05, 0.1) is 0 Å². The van der Waals surface area contributed by atoms with Gasteiger partial charge >= 0.3 is 0 Å². The highest BCUT2D eigenvalue weighted by atomic mass is 15.2. The Kier molecular flexibility index (Phi) is 2.97. The number of nitrogens with one attached hydrogen (secondary N) is 1. The SMILES string of the molecule is CNC1CCN(C2CCC23CCCCC3)C1. The summed E-state index contributed by atoms with van der Waals surface area (Å²) in [6.07, 6.45) is 11.9. The van der Waals surface area contributed by atoms with E-state index in [1.807, 2.05) is 0 Å². The van der Waals surface area contributed by atoms with Crippen molar-refractivity contribution in [3.05, 3.63) is 0 Å². The monoisotopic (exact) mass is 222 g/mol. The van der Waals surface area contributed by atoms with E-state index in [-0.39, 0.29) is 0 Å². The lowest BCUT2D eigenvalue weighted by atomic mass is 9.57. The topological polar surface area (TPSA) is 15.3 Å². The maximum atomic E-state index is 3.45. The summed E-state index contributed by atoms with van der Waals surface area (Å²) in [7, 11) is 2.12. The lowest BCUT2D eigenvalue weighted by Gasteiger charge is -2.55. The van der Waals surface area contributed by atoms with E-state index in [1.54, 1.807) is 0 Å². The summed E-state index contributed by atoms with van der Waals surface area (Å²) < 4.78 is 0. The first-order chi connectivity index (χ1) is 7.84. The third-order valence-corrected chi connectivity index (χ3v) is 5.54. The lowest BCUT2D eigenvalue weighted by molar-refractivity contribution is -0.0437. The van der Waals surface area contributed by atoms with Gasteiger partial charge in [0, 0.05) is 25.2 Å². The van der Waals surface area contributed by atoms with Gasteiger partial charge < -0.3 is 5.32 Å². The molecule has 2 atom stereocenters. The summed E-state index contributed by atoms with van der Waals surface area (Å²) in [5.74, 6) is 0. The summed E-state index contributed by atoms with van der Waals surface area (Å²) in [5, 5.41) is 3.45. The lowest BCUT2D eigenvalue weighted by Crippen LogP contribution is -2.55. The molecule has 2 heteroatoms. The Bertz CT molecular complexity index is 245. The Hall–Kier alpha value is -0.0800. The summed E-state index contributed by atoms with van der Waals surface area (Å²) in [5.41, 5.74) is 0.765. The molecule has 1 heterocycles. The maximum Gasteiger partial charge on any atom is 0.0204 e. The fourth-order valence-corrected chi connectivity index (χ4v) is 4.40. The molecule has 3 fully saturated rings. The number of hydrogen-bond donors (Lipinski definition) is 1. The third kappa shape index (κ3) is 1.70. The van der Waals surface area contributed by atoms with E-state index in [4.69, 9.17) is 0 Å². The van der Waals surface area contributed by atoms with E-state index < -0.39 is 0 Å². The molecule has 0 amide bonds. The van der Waals surface area contributed by atoms with Crippen LogP contribution in [0.15, 0.2) is 0 Å². The zero-order chi connectivity index (χ0) is 11.0. The molecular weight excluding hydrogens is 196 g/mol. The minimum absolute atomic E-state index is 0.765. The number of likely N-dealkylation sites (N-methyl/N-ethyl adjacent to an activating group) is 1. The smallest absolute Gasteiger partial charge is 0.0204 e. The minimum Gasteiger partial charge on any atom is -0.316 e. The standard InChI is InChI=1S/C14H26N2/c1-15-12-6-10-16(11-12)13-5-9-14(13)7-3-2-4-8-14/h12-13,15H,2-11H2,1H3. The molecule has 0 aromatic carbocycles. The van der Waals surface area contributed by atoms with Gasteiger partial charge in [0.2, 0.25) is 0 Å². The molecule has 2 unspecified atom stereocenters. The normalized spacial score (nSPS) is 38.8. The van der Waals surface area contributed by atoms with Crippen molar-refractivity contribution in [3.63, 3.8) is 0 Å². The highest BCUT2D eigenvalue weighted by molar-refractivity contribution is 5.04. The molecule has 0 aromatic rings. The Morgan fingerprint density at radius 1 is 1.06 bits per heavy atom. The van der Waals surface area contributed by atoms with Gasteiger partial charge in [0.1, 0.15) is 0 Å². The first kappa shape index (κ1) is 11.0. The molecule has 1 N–H and O–H groups in total. The third-order valence-electron chi connectivity index (χ3n) is 5.54. The van der Waals surface area contributed by atoms with E-state index >= 15 is 0 Å². The summed E-state index contributed by atoms with van der Waals surface area (Å²) in [6.45, 7) is 2.65.